The summed E-state index contributed by atoms with van der Waals surface area (Å²) in [5.74, 6) is 1.09. The van der Waals surface area contributed by atoms with Crippen molar-refractivity contribution in [2.75, 3.05) is 13.7 Å². The van der Waals surface area contributed by atoms with E-state index in [9.17, 15) is 0 Å². The minimum Gasteiger partial charge on any atom is -0.385 e. The molecule has 0 aliphatic heterocycles. The van der Waals surface area contributed by atoms with Crippen molar-refractivity contribution in [2.24, 2.45) is 0 Å². The van der Waals surface area contributed by atoms with Gasteiger partial charge in [-0.1, -0.05) is 5.21 Å². The van der Waals surface area contributed by atoms with E-state index in [-0.39, 0.29) is 0 Å². The molecule has 0 radical (unpaired) electrons. The molecule has 2 rings (SSSR count). The number of rotatable bonds is 6. The Morgan fingerprint density at radius 1 is 1.56 bits per heavy atom. The Balaban J connectivity index is 2.15. The average molecular weight is 244 g/mol. The summed E-state index contributed by atoms with van der Waals surface area (Å²) in [6, 6.07) is 0.333. The van der Waals surface area contributed by atoms with Crippen molar-refractivity contribution in [3.63, 3.8) is 0 Å². The summed E-state index contributed by atoms with van der Waals surface area (Å²) in [4.78, 5) is 0. The zero-order chi connectivity index (χ0) is 11.5. The molecule has 1 heterocycles. The third-order valence-electron chi connectivity index (χ3n) is 3.05. The van der Waals surface area contributed by atoms with Crippen molar-refractivity contribution >= 4 is 11.6 Å². The molecule has 16 heavy (non-hydrogen) atoms. The number of nitrogens with zero attached hydrogens (tertiary/aromatic N) is 3. The van der Waals surface area contributed by atoms with Crippen LogP contribution < -0.4 is 0 Å². The Hall–Kier alpha value is -0.610. The molecule has 0 aromatic carbocycles. The molecule has 0 spiro atoms. The second-order valence-corrected chi connectivity index (χ2v) is 4.67. The molecule has 0 amide bonds. The Morgan fingerprint density at radius 3 is 2.88 bits per heavy atom. The number of alkyl halides is 1. The first-order valence-electron chi connectivity index (χ1n) is 5.76. The third-order valence-corrected chi connectivity index (χ3v) is 3.31. The highest BCUT2D eigenvalue weighted by molar-refractivity contribution is 6.16. The Labute approximate surface area is 101 Å². The van der Waals surface area contributed by atoms with E-state index in [1.807, 2.05) is 4.68 Å². The first-order chi connectivity index (χ1) is 7.77. The summed E-state index contributed by atoms with van der Waals surface area (Å²) in [6.07, 6.45) is 3.45. The number of aromatic nitrogens is 3. The van der Waals surface area contributed by atoms with Gasteiger partial charge in [-0.2, -0.15) is 0 Å². The number of hydrogen-bond acceptors (Lipinski definition) is 3. The lowest BCUT2D eigenvalue weighted by Crippen LogP contribution is -2.12. The third kappa shape index (κ3) is 2.38. The summed E-state index contributed by atoms with van der Waals surface area (Å²) in [5, 5.41) is 8.39. The quantitative estimate of drug-likeness (QED) is 0.721. The van der Waals surface area contributed by atoms with Crippen molar-refractivity contribution < 1.29 is 4.74 Å². The Kier molecular flexibility index (Phi) is 3.82. The second-order valence-electron chi connectivity index (χ2n) is 4.40. The Bertz CT molecular complexity index is 349. The maximum atomic E-state index is 5.89. The van der Waals surface area contributed by atoms with Crippen LogP contribution in [0.1, 0.15) is 49.5 Å². The van der Waals surface area contributed by atoms with E-state index in [1.54, 1.807) is 7.11 Å². The average Bonchev–Trinajstić information content (AvgIpc) is 3.05. The van der Waals surface area contributed by atoms with E-state index in [0.29, 0.717) is 17.8 Å². The fourth-order valence-electron chi connectivity index (χ4n) is 1.94. The van der Waals surface area contributed by atoms with Crippen molar-refractivity contribution in [2.45, 2.75) is 44.0 Å². The van der Waals surface area contributed by atoms with Crippen molar-refractivity contribution in [3.05, 3.63) is 11.4 Å². The van der Waals surface area contributed by atoms with Gasteiger partial charge in [0.05, 0.1) is 17.6 Å². The molecule has 90 valence electrons. The molecule has 5 heteroatoms. The van der Waals surface area contributed by atoms with Crippen LogP contribution in [0.5, 0.6) is 0 Å². The van der Waals surface area contributed by atoms with Gasteiger partial charge < -0.3 is 4.74 Å². The summed E-state index contributed by atoms with van der Waals surface area (Å²) in [6.45, 7) is 2.90. The van der Waals surface area contributed by atoms with Crippen molar-refractivity contribution in [1.82, 2.24) is 15.0 Å². The van der Waals surface area contributed by atoms with Gasteiger partial charge in [-0.25, -0.2) is 4.68 Å². The summed E-state index contributed by atoms with van der Waals surface area (Å²) >= 11 is 5.89. The van der Waals surface area contributed by atoms with E-state index in [2.05, 4.69) is 17.2 Å². The predicted octanol–water partition coefficient (Wildman–Crippen LogP) is 2.49. The van der Waals surface area contributed by atoms with E-state index in [0.717, 1.165) is 18.7 Å². The lowest BCUT2D eigenvalue weighted by Gasteiger charge is -2.14. The van der Waals surface area contributed by atoms with Gasteiger partial charge in [0.1, 0.15) is 5.69 Å². The van der Waals surface area contributed by atoms with Gasteiger partial charge in [0.15, 0.2) is 0 Å². The lowest BCUT2D eigenvalue weighted by molar-refractivity contribution is 0.177. The maximum Gasteiger partial charge on any atom is 0.101 e. The molecule has 0 bridgehead atoms. The standard InChI is InChI=1S/C11H18ClN3O/c1-8(5-6-16-2)15-11(9-3-4-9)10(7-12)13-14-15/h8-9H,3-7H2,1-2H3. The molecule has 1 aliphatic rings. The Morgan fingerprint density at radius 2 is 2.31 bits per heavy atom. The highest BCUT2D eigenvalue weighted by Crippen LogP contribution is 2.42. The predicted molar refractivity (Wildman–Crippen MR) is 62.8 cm³/mol. The van der Waals surface area contributed by atoms with Crippen LogP contribution in [0.2, 0.25) is 0 Å². The molecule has 1 atom stereocenters. The minimum atomic E-state index is 0.333. The molecular weight excluding hydrogens is 226 g/mol. The van der Waals surface area contributed by atoms with Crippen LogP contribution in [0.15, 0.2) is 0 Å². The van der Waals surface area contributed by atoms with Crippen molar-refractivity contribution in [1.29, 1.82) is 0 Å². The molecule has 1 fully saturated rings. The van der Waals surface area contributed by atoms with Gasteiger partial charge in [-0.15, -0.1) is 16.7 Å². The monoisotopic (exact) mass is 243 g/mol. The van der Waals surface area contributed by atoms with Gasteiger partial charge in [-0.05, 0) is 26.2 Å². The summed E-state index contributed by atoms with van der Waals surface area (Å²) < 4.78 is 7.13. The second kappa shape index (κ2) is 5.15. The van der Waals surface area contributed by atoms with Crippen LogP contribution in [0.25, 0.3) is 0 Å². The first-order valence-corrected chi connectivity index (χ1v) is 6.30. The molecule has 1 aromatic heterocycles. The summed E-state index contributed by atoms with van der Waals surface area (Å²) in [5.41, 5.74) is 2.20. The van der Waals surface area contributed by atoms with Gasteiger partial charge in [0, 0.05) is 19.6 Å². The molecule has 1 unspecified atom stereocenters. The fourth-order valence-corrected chi connectivity index (χ4v) is 2.14. The summed E-state index contributed by atoms with van der Waals surface area (Å²) in [7, 11) is 1.72. The van der Waals surface area contributed by atoms with E-state index in [4.69, 9.17) is 16.3 Å². The fraction of sp³-hybridized carbons (Fsp3) is 0.818. The smallest absolute Gasteiger partial charge is 0.101 e. The molecule has 1 aromatic rings. The number of halogens is 1. The normalized spacial score (nSPS) is 17.7. The molecule has 1 saturated carbocycles. The highest BCUT2D eigenvalue weighted by atomic mass is 35.5. The van der Waals surface area contributed by atoms with E-state index in [1.165, 1.54) is 18.5 Å². The molecular formula is C11H18ClN3O. The molecule has 4 nitrogen and oxygen atoms in total. The van der Waals surface area contributed by atoms with Gasteiger partial charge in [0.2, 0.25) is 0 Å². The molecule has 0 saturated heterocycles. The van der Waals surface area contributed by atoms with Crippen LogP contribution >= 0.6 is 11.6 Å². The molecule has 0 N–H and O–H groups in total. The zero-order valence-electron chi connectivity index (χ0n) is 9.82. The van der Waals surface area contributed by atoms with E-state index < -0.39 is 0 Å². The molecule has 1 aliphatic carbocycles. The van der Waals surface area contributed by atoms with Crippen LogP contribution in [0, 0.1) is 0 Å². The topological polar surface area (TPSA) is 39.9 Å². The van der Waals surface area contributed by atoms with Crippen LogP contribution in [0.3, 0.4) is 0 Å². The lowest BCUT2D eigenvalue weighted by atomic mass is 10.2. The largest absolute Gasteiger partial charge is 0.385 e. The SMILES string of the molecule is COCCC(C)n1nnc(CCl)c1C1CC1. The van der Waals surface area contributed by atoms with Crippen LogP contribution in [-0.4, -0.2) is 28.7 Å². The van der Waals surface area contributed by atoms with Gasteiger partial charge in [-0.3, -0.25) is 0 Å². The first kappa shape index (κ1) is 11.9. The van der Waals surface area contributed by atoms with Crippen LogP contribution in [0.4, 0.5) is 0 Å². The number of ether oxygens (including phenoxy) is 1. The van der Waals surface area contributed by atoms with Gasteiger partial charge in [0.25, 0.3) is 0 Å². The van der Waals surface area contributed by atoms with Crippen molar-refractivity contribution in [3.8, 4) is 0 Å². The van der Waals surface area contributed by atoms with Crippen LogP contribution in [-0.2, 0) is 10.6 Å². The van der Waals surface area contributed by atoms with E-state index >= 15 is 0 Å². The number of methoxy groups -OCH3 is 1. The van der Waals surface area contributed by atoms with Gasteiger partial charge >= 0.3 is 0 Å². The number of hydrogen-bond donors (Lipinski definition) is 0. The zero-order valence-corrected chi connectivity index (χ0v) is 10.6. The maximum absolute atomic E-state index is 5.89. The highest BCUT2D eigenvalue weighted by Gasteiger charge is 2.32. The minimum absolute atomic E-state index is 0.333.